The molecule has 0 aliphatic rings. The first-order chi connectivity index (χ1) is 10.2. The summed E-state index contributed by atoms with van der Waals surface area (Å²) < 4.78 is 6.43. The molecule has 21 heavy (non-hydrogen) atoms. The fourth-order valence-electron chi connectivity index (χ4n) is 1.90. The van der Waals surface area contributed by atoms with E-state index in [9.17, 15) is 0 Å². The van der Waals surface area contributed by atoms with Crippen molar-refractivity contribution in [1.29, 1.82) is 5.26 Å². The van der Waals surface area contributed by atoms with Crippen LogP contribution < -0.4 is 10.1 Å². The van der Waals surface area contributed by atoms with Crippen LogP contribution in [-0.2, 0) is 0 Å². The van der Waals surface area contributed by atoms with Gasteiger partial charge in [0, 0.05) is 23.1 Å². The number of nitriles is 1. The molecule has 5 heteroatoms. The summed E-state index contributed by atoms with van der Waals surface area (Å²) in [6.07, 6.45) is 1.27. The number of hydrogen-bond donors (Lipinski definition) is 1. The highest BCUT2D eigenvalue weighted by Gasteiger charge is 2.08. The molecule has 0 aliphatic heterocycles. The maximum absolute atomic E-state index is 8.49. The van der Waals surface area contributed by atoms with Crippen LogP contribution >= 0.6 is 22.9 Å². The van der Waals surface area contributed by atoms with Crippen LogP contribution in [0.1, 0.15) is 30.7 Å². The minimum atomic E-state index is 0.191. The number of halogens is 1. The monoisotopic (exact) mass is 320 g/mol. The van der Waals surface area contributed by atoms with Gasteiger partial charge in [-0.2, -0.15) is 5.26 Å². The lowest BCUT2D eigenvalue weighted by molar-refractivity contribution is 0.313. The fraction of sp³-hybridized carbons (Fsp3) is 0.312. The van der Waals surface area contributed by atoms with Gasteiger partial charge >= 0.3 is 0 Å². The molecule has 0 fully saturated rings. The van der Waals surface area contributed by atoms with Gasteiger partial charge in [0.1, 0.15) is 5.75 Å². The minimum Gasteiger partial charge on any atom is -0.493 e. The van der Waals surface area contributed by atoms with Crippen LogP contribution in [0.2, 0.25) is 4.34 Å². The van der Waals surface area contributed by atoms with Gasteiger partial charge < -0.3 is 10.1 Å². The Morgan fingerprint density at radius 3 is 2.95 bits per heavy atom. The average Bonchev–Trinajstić information content (AvgIpc) is 2.91. The van der Waals surface area contributed by atoms with Crippen molar-refractivity contribution in [2.75, 3.05) is 11.9 Å². The predicted octanol–water partition coefficient (Wildman–Crippen LogP) is 5.26. The standard InChI is InChI=1S/C16H17ClN2OS/c1-12(15-7-8-16(17)21-15)19-13-5-4-6-14(11-13)20-10-3-2-9-18/h4-8,11-12,19H,2-3,10H2,1H3. The maximum Gasteiger partial charge on any atom is 0.121 e. The summed E-state index contributed by atoms with van der Waals surface area (Å²) >= 11 is 7.54. The largest absolute Gasteiger partial charge is 0.493 e. The van der Waals surface area contributed by atoms with Crippen LogP contribution in [0.4, 0.5) is 5.69 Å². The normalized spacial score (nSPS) is 11.7. The van der Waals surface area contributed by atoms with E-state index < -0.39 is 0 Å². The molecule has 1 aromatic heterocycles. The molecular formula is C16H17ClN2OS. The Kier molecular flexibility index (Phi) is 5.91. The van der Waals surface area contributed by atoms with Crippen molar-refractivity contribution < 1.29 is 4.74 Å². The molecule has 1 aromatic carbocycles. The first-order valence-corrected chi connectivity index (χ1v) is 8.00. The van der Waals surface area contributed by atoms with Gasteiger partial charge in [0.05, 0.1) is 23.1 Å². The molecule has 3 nitrogen and oxygen atoms in total. The van der Waals surface area contributed by atoms with Gasteiger partial charge in [0.25, 0.3) is 0 Å². The van der Waals surface area contributed by atoms with E-state index in [1.807, 2.05) is 36.4 Å². The van der Waals surface area contributed by atoms with Crippen LogP contribution in [0, 0.1) is 11.3 Å². The smallest absolute Gasteiger partial charge is 0.121 e. The topological polar surface area (TPSA) is 45.0 Å². The highest BCUT2D eigenvalue weighted by molar-refractivity contribution is 7.16. The number of ether oxygens (including phenoxy) is 1. The zero-order valence-electron chi connectivity index (χ0n) is 11.8. The van der Waals surface area contributed by atoms with E-state index in [4.69, 9.17) is 21.6 Å². The second-order valence-electron chi connectivity index (χ2n) is 4.65. The highest BCUT2D eigenvalue weighted by atomic mass is 35.5. The lowest BCUT2D eigenvalue weighted by Gasteiger charge is -2.14. The van der Waals surface area contributed by atoms with Gasteiger partial charge in [0.2, 0.25) is 0 Å². The molecule has 2 rings (SSSR count). The number of nitrogens with one attached hydrogen (secondary N) is 1. The molecule has 0 saturated carbocycles. The molecule has 1 N–H and O–H groups in total. The van der Waals surface area contributed by atoms with E-state index in [1.54, 1.807) is 11.3 Å². The van der Waals surface area contributed by atoms with Crippen molar-refractivity contribution >= 4 is 28.6 Å². The Balaban J connectivity index is 1.93. The van der Waals surface area contributed by atoms with E-state index in [2.05, 4.69) is 18.3 Å². The molecule has 1 unspecified atom stereocenters. The Morgan fingerprint density at radius 1 is 1.38 bits per heavy atom. The van der Waals surface area contributed by atoms with Crippen molar-refractivity contribution in [2.45, 2.75) is 25.8 Å². The third-order valence-electron chi connectivity index (χ3n) is 2.94. The van der Waals surface area contributed by atoms with Crippen LogP contribution in [0.3, 0.4) is 0 Å². The molecule has 0 spiro atoms. The van der Waals surface area contributed by atoms with Gasteiger partial charge in [-0.05, 0) is 37.6 Å². The molecule has 2 aromatic rings. The number of unbranched alkanes of at least 4 members (excludes halogenated alkanes) is 1. The molecule has 1 atom stereocenters. The number of rotatable bonds is 7. The van der Waals surface area contributed by atoms with Crippen LogP contribution in [0.25, 0.3) is 0 Å². The summed E-state index contributed by atoms with van der Waals surface area (Å²) in [6.45, 7) is 2.66. The Labute approximate surface area is 134 Å². The van der Waals surface area contributed by atoms with Crippen LogP contribution in [0.5, 0.6) is 5.75 Å². The molecule has 0 radical (unpaired) electrons. The Hall–Kier alpha value is -1.70. The van der Waals surface area contributed by atoms with Gasteiger partial charge in [0.15, 0.2) is 0 Å². The Bertz CT molecular complexity index is 621. The van der Waals surface area contributed by atoms with Gasteiger partial charge in [-0.3, -0.25) is 0 Å². The number of hydrogen-bond acceptors (Lipinski definition) is 4. The lowest BCUT2D eigenvalue weighted by Crippen LogP contribution is -2.05. The Morgan fingerprint density at radius 2 is 2.24 bits per heavy atom. The second-order valence-corrected chi connectivity index (χ2v) is 6.39. The molecular weight excluding hydrogens is 304 g/mol. The zero-order chi connectivity index (χ0) is 15.1. The lowest BCUT2D eigenvalue weighted by atomic mass is 10.2. The number of benzene rings is 1. The van der Waals surface area contributed by atoms with Crippen molar-refractivity contribution in [1.82, 2.24) is 0 Å². The van der Waals surface area contributed by atoms with E-state index in [0.29, 0.717) is 13.0 Å². The van der Waals surface area contributed by atoms with E-state index >= 15 is 0 Å². The predicted molar refractivity (Wildman–Crippen MR) is 88.2 cm³/mol. The number of anilines is 1. The highest BCUT2D eigenvalue weighted by Crippen LogP contribution is 2.29. The second kappa shape index (κ2) is 7.92. The average molecular weight is 321 g/mol. The molecule has 0 aliphatic carbocycles. The first kappa shape index (κ1) is 15.7. The number of thiophene rings is 1. The molecule has 0 saturated heterocycles. The zero-order valence-corrected chi connectivity index (χ0v) is 13.4. The van der Waals surface area contributed by atoms with Gasteiger partial charge in [-0.1, -0.05) is 17.7 Å². The molecule has 1 heterocycles. The first-order valence-electron chi connectivity index (χ1n) is 6.80. The van der Waals surface area contributed by atoms with Crippen molar-refractivity contribution in [3.05, 3.63) is 45.6 Å². The van der Waals surface area contributed by atoms with Crippen molar-refractivity contribution in [2.24, 2.45) is 0 Å². The van der Waals surface area contributed by atoms with E-state index in [0.717, 1.165) is 22.2 Å². The number of nitrogens with zero attached hydrogens (tertiary/aromatic N) is 1. The third-order valence-corrected chi connectivity index (χ3v) is 4.35. The fourth-order valence-corrected chi connectivity index (χ4v) is 2.96. The van der Waals surface area contributed by atoms with Crippen LogP contribution in [0.15, 0.2) is 36.4 Å². The van der Waals surface area contributed by atoms with Crippen LogP contribution in [-0.4, -0.2) is 6.61 Å². The molecule has 110 valence electrons. The summed E-state index contributed by atoms with van der Waals surface area (Å²) in [4.78, 5) is 1.19. The minimum absolute atomic E-state index is 0.191. The van der Waals surface area contributed by atoms with Gasteiger partial charge in [-0.15, -0.1) is 11.3 Å². The van der Waals surface area contributed by atoms with Crippen molar-refractivity contribution in [3.63, 3.8) is 0 Å². The van der Waals surface area contributed by atoms with E-state index in [1.165, 1.54) is 4.88 Å². The summed E-state index contributed by atoms with van der Waals surface area (Å²) in [6, 6.07) is 14.1. The third kappa shape index (κ3) is 4.96. The van der Waals surface area contributed by atoms with Crippen molar-refractivity contribution in [3.8, 4) is 11.8 Å². The van der Waals surface area contributed by atoms with Gasteiger partial charge in [-0.25, -0.2) is 0 Å². The summed E-state index contributed by atoms with van der Waals surface area (Å²) in [5.74, 6) is 0.814. The summed E-state index contributed by atoms with van der Waals surface area (Å²) in [7, 11) is 0. The summed E-state index contributed by atoms with van der Waals surface area (Å²) in [5.41, 5.74) is 1.00. The summed E-state index contributed by atoms with van der Waals surface area (Å²) in [5, 5.41) is 11.9. The SMILES string of the molecule is CC(Nc1cccc(OCCCC#N)c1)c1ccc(Cl)s1. The quantitative estimate of drug-likeness (QED) is 0.708. The van der Waals surface area contributed by atoms with E-state index in [-0.39, 0.29) is 6.04 Å². The maximum atomic E-state index is 8.49. The molecule has 0 bridgehead atoms. The molecule has 0 amide bonds.